The first-order valence-electron chi connectivity index (χ1n) is 8.51. The standard InChI is InChI=1S/C20H18ClN3O4/c1-3-27-16-10-13(9-15(21)19(16)25)11-22-23-20(26)17-12(2)28-24-18(17)14-7-5-4-6-8-14/h4-11,25H,3H2,1-2H3,(H,23,26)/b22-11-. The fraction of sp³-hybridized carbons (Fsp3) is 0.150. The number of nitrogens with one attached hydrogen (secondary N) is 1. The van der Waals surface area contributed by atoms with Crippen molar-refractivity contribution in [3.05, 3.63) is 64.4 Å². The third-order valence-corrected chi connectivity index (χ3v) is 4.16. The maximum atomic E-state index is 12.6. The van der Waals surface area contributed by atoms with Crippen LogP contribution in [0.1, 0.15) is 28.6 Å². The van der Waals surface area contributed by atoms with Gasteiger partial charge in [0.05, 0.1) is 17.8 Å². The van der Waals surface area contributed by atoms with Gasteiger partial charge in [0.2, 0.25) is 0 Å². The van der Waals surface area contributed by atoms with Crippen LogP contribution in [0.5, 0.6) is 11.5 Å². The van der Waals surface area contributed by atoms with Crippen molar-refractivity contribution >= 4 is 23.7 Å². The van der Waals surface area contributed by atoms with E-state index in [1.807, 2.05) is 30.3 Å². The van der Waals surface area contributed by atoms with Crippen molar-refractivity contribution in [3.8, 4) is 22.8 Å². The van der Waals surface area contributed by atoms with Crippen LogP contribution in [-0.4, -0.2) is 29.0 Å². The molecule has 0 saturated heterocycles. The van der Waals surface area contributed by atoms with Gasteiger partial charge in [-0.1, -0.05) is 47.1 Å². The van der Waals surface area contributed by atoms with Crippen molar-refractivity contribution in [1.29, 1.82) is 0 Å². The lowest BCUT2D eigenvalue weighted by molar-refractivity contribution is 0.0954. The molecule has 28 heavy (non-hydrogen) atoms. The van der Waals surface area contributed by atoms with E-state index in [4.69, 9.17) is 20.9 Å². The smallest absolute Gasteiger partial charge is 0.277 e. The zero-order chi connectivity index (χ0) is 20.1. The van der Waals surface area contributed by atoms with E-state index in [1.165, 1.54) is 12.3 Å². The number of halogens is 1. The SMILES string of the molecule is CCOc1cc(/C=N\NC(=O)c2c(-c3ccccc3)noc2C)cc(Cl)c1O. The fourth-order valence-corrected chi connectivity index (χ4v) is 2.81. The number of ether oxygens (including phenoxy) is 1. The van der Waals surface area contributed by atoms with Gasteiger partial charge in [-0.15, -0.1) is 0 Å². The van der Waals surface area contributed by atoms with Gasteiger partial charge >= 0.3 is 0 Å². The lowest BCUT2D eigenvalue weighted by Gasteiger charge is -2.08. The topological polar surface area (TPSA) is 97.0 Å². The fourth-order valence-electron chi connectivity index (χ4n) is 2.59. The number of benzene rings is 2. The molecular formula is C20H18ClN3O4. The minimum absolute atomic E-state index is 0.125. The lowest BCUT2D eigenvalue weighted by Crippen LogP contribution is -2.18. The van der Waals surface area contributed by atoms with Gasteiger partial charge in [0.25, 0.3) is 5.91 Å². The lowest BCUT2D eigenvalue weighted by atomic mass is 10.1. The third-order valence-electron chi connectivity index (χ3n) is 3.87. The number of amides is 1. The number of rotatable bonds is 6. The summed E-state index contributed by atoms with van der Waals surface area (Å²) in [4.78, 5) is 12.6. The van der Waals surface area contributed by atoms with Gasteiger partial charge in [0.15, 0.2) is 11.5 Å². The van der Waals surface area contributed by atoms with Crippen LogP contribution in [0, 0.1) is 6.92 Å². The first kappa shape index (κ1) is 19.4. The molecular weight excluding hydrogens is 382 g/mol. The Hall–Kier alpha value is -3.32. The van der Waals surface area contributed by atoms with E-state index >= 15 is 0 Å². The highest BCUT2D eigenvalue weighted by Crippen LogP contribution is 2.34. The second-order valence-electron chi connectivity index (χ2n) is 5.81. The molecule has 1 aromatic heterocycles. The Balaban J connectivity index is 1.79. The van der Waals surface area contributed by atoms with Crippen molar-refractivity contribution in [2.24, 2.45) is 5.10 Å². The molecule has 0 spiro atoms. The minimum atomic E-state index is -0.455. The van der Waals surface area contributed by atoms with Crippen LogP contribution >= 0.6 is 11.6 Å². The van der Waals surface area contributed by atoms with Crippen LogP contribution in [0.25, 0.3) is 11.3 Å². The highest BCUT2D eigenvalue weighted by Gasteiger charge is 2.21. The van der Waals surface area contributed by atoms with Gasteiger partial charge in [0, 0.05) is 5.56 Å². The Morgan fingerprint density at radius 1 is 1.36 bits per heavy atom. The van der Waals surface area contributed by atoms with Gasteiger partial charge in [-0.05, 0) is 31.5 Å². The molecule has 0 unspecified atom stereocenters. The number of aromatic hydroxyl groups is 1. The van der Waals surface area contributed by atoms with Gasteiger partial charge in [-0.2, -0.15) is 5.10 Å². The highest BCUT2D eigenvalue weighted by molar-refractivity contribution is 6.32. The number of hydrogen-bond donors (Lipinski definition) is 2. The largest absolute Gasteiger partial charge is 0.503 e. The minimum Gasteiger partial charge on any atom is -0.503 e. The molecule has 8 heteroatoms. The van der Waals surface area contributed by atoms with Crippen molar-refractivity contribution in [1.82, 2.24) is 10.6 Å². The van der Waals surface area contributed by atoms with E-state index in [0.717, 1.165) is 5.56 Å². The van der Waals surface area contributed by atoms with Crippen molar-refractivity contribution in [2.75, 3.05) is 6.61 Å². The first-order valence-corrected chi connectivity index (χ1v) is 8.89. The second-order valence-corrected chi connectivity index (χ2v) is 6.22. The van der Waals surface area contributed by atoms with Crippen molar-refractivity contribution in [2.45, 2.75) is 13.8 Å². The number of hydrogen-bond acceptors (Lipinski definition) is 6. The summed E-state index contributed by atoms with van der Waals surface area (Å²) < 4.78 is 10.5. The molecule has 0 aliphatic rings. The van der Waals surface area contributed by atoms with Crippen LogP contribution in [0.4, 0.5) is 0 Å². The molecule has 2 aromatic carbocycles. The molecule has 3 aromatic rings. The quantitative estimate of drug-likeness (QED) is 0.479. The van der Waals surface area contributed by atoms with Crippen LogP contribution < -0.4 is 10.2 Å². The monoisotopic (exact) mass is 399 g/mol. The molecule has 0 radical (unpaired) electrons. The van der Waals surface area contributed by atoms with Gasteiger partial charge in [0.1, 0.15) is 17.0 Å². The van der Waals surface area contributed by atoms with E-state index in [0.29, 0.717) is 29.2 Å². The summed E-state index contributed by atoms with van der Waals surface area (Å²) in [6.45, 7) is 3.82. The van der Waals surface area contributed by atoms with Gasteiger partial charge < -0.3 is 14.4 Å². The number of nitrogens with zero attached hydrogens (tertiary/aromatic N) is 2. The van der Waals surface area contributed by atoms with E-state index in [-0.39, 0.29) is 16.5 Å². The van der Waals surface area contributed by atoms with Crippen molar-refractivity contribution in [3.63, 3.8) is 0 Å². The number of phenolic OH excluding ortho intramolecular Hbond substituents is 1. The zero-order valence-corrected chi connectivity index (χ0v) is 16.0. The second kappa shape index (κ2) is 8.58. The molecule has 1 amide bonds. The average molecular weight is 400 g/mol. The predicted molar refractivity (Wildman–Crippen MR) is 106 cm³/mol. The number of carbonyl (C=O) groups excluding carboxylic acids is 1. The molecule has 0 bridgehead atoms. The molecule has 1 heterocycles. The van der Waals surface area contributed by atoms with Crippen LogP contribution in [0.15, 0.2) is 52.1 Å². The Morgan fingerprint density at radius 3 is 2.82 bits per heavy atom. The van der Waals surface area contributed by atoms with E-state index in [1.54, 1.807) is 19.9 Å². The molecule has 0 aliphatic carbocycles. The summed E-state index contributed by atoms with van der Waals surface area (Å²) in [5, 5.41) is 17.9. The summed E-state index contributed by atoms with van der Waals surface area (Å²) in [6.07, 6.45) is 1.40. The Morgan fingerprint density at radius 2 is 2.11 bits per heavy atom. The number of aromatic nitrogens is 1. The summed E-state index contributed by atoms with van der Waals surface area (Å²) in [5.41, 5.74) is 4.52. The Bertz CT molecular complexity index is 1020. The number of carbonyl (C=O) groups is 1. The predicted octanol–water partition coefficient (Wildman–Crippen LogP) is 4.17. The van der Waals surface area contributed by atoms with E-state index in [2.05, 4.69) is 15.7 Å². The molecule has 0 aliphatic heterocycles. The van der Waals surface area contributed by atoms with Crippen LogP contribution in [0.3, 0.4) is 0 Å². The normalized spacial score (nSPS) is 11.0. The maximum absolute atomic E-state index is 12.6. The Kier molecular flexibility index (Phi) is 5.96. The molecule has 0 fully saturated rings. The summed E-state index contributed by atoms with van der Waals surface area (Å²) in [5.74, 6) is 0.0305. The molecule has 7 nitrogen and oxygen atoms in total. The average Bonchev–Trinajstić information content (AvgIpc) is 3.08. The van der Waals surface area contributed by atoms with E-state index in [9.17, 15) is 9.90 Å². The molecule has 2 N–H and O–H groups in total. The summed E-state index contributed by atoms with van der Waals surface area (Å²) >= 11 is 5.99. The first-order chi connectivity index (χ1) is 13.5. The summed E-state index contributed by atoms with van der Waals surface area (Å²) in [7, 11) is 0. The molecule has 144 valence electrons. The molecule has 0 saturated carbocycles. The van der Waals surface area contributed by atoms with Crippen LogP contribution in [-0.2, 0) is 0 Å². The molecule has 0 atom stereocenters. The molecule has 3 rings (SSSR count). The van der Waals surface area contributed by atoms with Gasteiger partial charge in [-0.3, -0.25) is 4.79 Å². The number of phenols is 1. The van der Waals surface area contributed by atoms with E-state index < -0.39 is 5.91 Å². The zero-order valence-electron chi connectivity index (χ0n) is 15.3. The Labute approximate surface area is 166 Å². The number of aryl methyl sites for hydroxylation is 1. The highest BCUT2D eigenvalue weighted by atomic mass is 35.5. The summed E-state index contributed by atoms with van der Waals surface area (Å²) in [6, 6.07) is 12.3. The third kappa shape index (κ3) is 4.15. The van der Waals surface area contributed by atoms with Crippen LogP contribution in [0.2, 0.25) is 5.02 Å². The maximum Gasteiger partial charge on any atom is 0.277 e. The number of hydrazone groups is 1. The van der Waals surface area contributed by atoms with Gasteiger partial charge in [-0.25, -0.2) is 5.43 Å². The van der Waals surface area contributed by atoms with Crippen molar-refractivity contribution < 1.29 is 19.2 Å².